The quantitative estimate of drug-likeness (QED) is 0.0499. The Morgan fingerprint density at radius 1 is 0.878 bits per heavy atom. The zero-order chi connectivity index (χ0) is 30.9. The lowest BCUT2D eigenvalue weighted by atomic mass is 10.0. The highest BCUT2D eigenvalue weighted by molar-refractivity contribution is 7.98. The van der Waals surface area contributed by atoms with Crippen LogP contribution in [0.4, 0.5) is 0 Å². The molecule has 0 aliphatic heterocycles. The zero-order valence-electron chi connectivity index (χ0n) is 22.7. The van der Waals surface area contributed by atoms with E-state index >= 15 is 0 Å². The first-order valence-electron chi connectivity index (χ1n) is 12.8. The van der Waals surface area contributed by atoms with E-state index in [2.05, 4.69) is 20.9 Å². The average molecular weight is 598 g/mol. The van der Waals surface area contributed by atoms with Gasteiger partial charge in [-0.05, 0) is 61.8 Å². The lowest BCUT2D eigenvalue weighted by Crippen LogP contribution is -2.57. The molecule has 0 saturated carbocycles. The van der Waals surface area contributed by atoms with Gasteiger partial charge in [0.15, 0.2) is 5.96 Å². The van der Waals surface area contributed by atoms with Gasteiger partial charge in [-0.25, -0.2) is 4.79 Å². The smallest absolute Gasteiger partial charge is 0.326 e. The van der Waals surface area contributed by atoms with Gasteiger partial charge in [-0.3, -0.25) is 24.2 Å². The van der Waals surface area contributed by atoms with Crippen LogP contribution in [-0.4, -0.2) is 93.7 Å². The molecule has 4 atom stereocenters. The van der Waals surface area contributed by atoms with Gasteiger partial charge in [0.2, 0.25) is 17.7 Å². The Kier molecular flexibility index (Phi) is 15.6. The lowest BCUT2D eigenvalue weighted by molar-refractivity contribution is -0.143. The zero-order valence-corrected chi connectivity index (χ0v) is 23.6. The number of thioether (sulfide) groups is 1. The van der Waals surface area contributed by atoms with E-state index in [9.17, 15) is 34.2 Å². The SMILES string of the molecule is CSCCC(NC(=O)C(N)Cc1ccc(O)cc1)C(=O)NC(CCC(=O)O)C(=O)NC(CCCN=C(N)N)C(=O)O. The van der Waals surface area contributed by atoms with Crippen LogP contribution in [0.5, 0.6) is 5.75 Å². The van der Waals surface area contributed by atoms with E-state index in [-0.39, 0.29) is 50.4 Å². The first-order chi connectivity index (χ1) is 19.3. The molecule has 0 aliphatic rings. The van der Waals surface area contributed by atoms with Gasteiger partial charge in [0.25, 0.3) is 0 Å². The van der Waals surface area contributed by atoms with Crippen LogP contribution in [0.25, 0.3) is 0 Å². The molecular weight excluding hydrogens is 558 g/mol. The van der Waals surface area contributed by atoms with Crippen molar-refractivity contribution in [1.82, 2.24) is 16.0 Å². The van der Waals surface area contributed by atoms with Crippen molar-refractivity contribution in [3.05, 3.63) is 29.8 Å². The number of carboxylic acids is 2. The number of aromatic hydroxyl groups is 1. The molecule has 41 heavy (non-hydrogen) atoms. The summed E-state index contributed by atoms with van der Waals surface area (Å²) in [6, 6.07) is 1.27. The first kappa shape index (κ1) is 35.0. The Balaban J connectivity index is 2.96. The average Bonchev–Trinajstić information content (AvgIpc) is 2.90. The molecule has 15 nitrogen and oxygen atoms in total. The summed E-state index contributed by atoms with van der Waals surface area (Å²) < 4.78 is 0. The summed E-state index contributed by atoms with van der Waals surface area (Å²) in [5.41, 5.74) is 17.2. The van der Waals surface area contributed by atoms with E-state index < -0.39 is 60.2 Å². The van der Waals surface area contributed by atoms with Gasteiger partial charge < -0.3 is 48.5 Å². The molecule has 4 unspecified atom stereocenters. The predicted molar refractivity (Wildman–Crippen MR) is 153 cm³/mol. The van der Waals surface area contributed by atoms with Gasteiger partial charge in [-0.2, -0.15) is 11.8 Å². The van der Waals surface area contributed by atoms with Crippen LogP contribution in [0, 0.1) is 0 Å². The Hall–Kier alpha value is -4.05. The van der Waals surface area contributed by atoms with Crippen molar-refractivity contribution in [2.24, 2.45) is 22.2 Å². The summed E-state index contributed by atoms with van der Waals surface area (Å²) in [5, 5.41) is 35.4. The van der Waals surface area contributed by atoms with Gasteiger partial charge in [-0.15, -0.1) is 0 Å². The molecule has 228 valence electrons. The molecule has 1 aromatic rings. The van der Waals surface area contributed by atoms with Crippen molar-refractivity contribution in [3.8, 4) is 5.75 Å². The maximum Gasteiger partial charge on any atom is 0.326 e. The second-order valence-electron chi connectivity index (χ2n) is 9.16. The van der Waals surface area contributed by atoms with Crippen LogP contribution in [0.2, 0.25) is 0 Å². The van der Waals surface area contributed by atoms with Crippen LogP contribution < -0.4 is 33.2 Å². The Labute approximate surface area is 241 Å². The Bertz CT molecular complexity index is 1070. The minimum Gasteiger partial charge on any atom is -0.508 e. The Morgan fingerprint density at radius 3 is 1.98 bits per heavy atom. The van der Waals surface area contributed by atoms with Crippen LogP contribution in [0.1, 0.15) is 37.7 Å². The Morgan fingerprint density at radius 2 is 1.44 bits per heavy atom. The van der Waals surface area contributed by atoms with Gasteiger partial charge in [0.1, 0.15) is 23.9 Å². The van der Waals surface area contributed by atoms with Crippen molar-refractivity contribution in [3.63, 3.8) is 0 Å². The number of carbonyl (C=O) groups excluding carboxylic acids is 3. The maximum absolute atomic E-state index is 13.2. The van der Waals surface area contributed by atoms with Gasteiger partial charge in [-0.1, -0.05) is 12.1 Å². The fourth-order valence-corrected chi connectivity index (χ4v) is 4.08. The number of nitrogens with zero attached hydrogens (tertiary/aromatic N) is 1. The number of hydrogen-bond donors (Lipinski definition) is 9. The largest absolute Gasteiger partial charge is 0.508 e. The number of phenolic OH excluding ortho intramolecular Hbond substituents is 1. The second kappa shape index (κ2) is 18.3. The third-order valence-corrected chi connectivity index (χ3v) is 6.46. The van der Waals surface area contributed by atoms with Crippen molar-refractivity contribution in [2.75, 3.05) is 18.6 Å². The molecular formula is C25H39N7O8S. The highest BCUT2D eigenvalue weighted by Crippen LogP contribution is 2.11. The third-order valence-electron chi connectivity index (χ3n) is 5.81. The molecule has 0 aliphatic carbocycles. The molecule has 0 spiro atoms. The van der Waals surface area contributed by atoms with E-state index in [4.69, 9.17) is 22.3 Å². The normalized spacial score (nSPS) is 13.6. The van der Waals surface area contributed by atoms with Crippen LogP contribution in [0.15, 0.2) is 29.3 Å². The fourth-order valence-electron chi connectivity index (χ4n) is 3.60. The van der Waals surface area contributed by atoms with Crippen LogP contribution in [0.3, 0.4) is 0 Å². The van der Waals surface area contributed by atoms with E-state index in [1.165, 1.54) is 23.9 Å². The molecule has 12 N–H and O–H groups in total. The minimum atomic E-state index is -1.39. The number of aliphatic imine (C=N–C) groups is 1. The summed E-state index contributed by atoms with van der Waals surface area (Å²) in [6.07, 6.45) is 1.51. The molecule has 0 heterocycles. The third kappa shape index (κ3) is 14.2. The minimum absolute atomic E-state index is 0.0250. The number of carbonyl (C=O) groups is 5. The highest BCUT2D eigenvalue weighted by Gasteiger charge is 2.30. The number of nitrogens with one attached hydrogen (secondary N) is 3. The van der Waals surface area contributed by atoms with E-state index in [1.54, 1.807) is 18.4 Å². The summed E-state index contributed by atoms with van der Waals surface area (Å²) in [6.45, 7) is 0.132. The van der Waals surface area contributed by atoms with Crippen LogP contribution >= 0.6 is 11.8 Å². The summed E-state index contributed by atoms with van der Waals surface area (Å²) in [5.74, 6) is -4.48. The summed E-state index contributed by atoms with van der Waals surface area (Å²) >= 11 is 1.42. The van der Waals surface area contributed by atoms with Crippen molar-refractivity contribution in [2.45, 2.75) is 62.7 Å². The first-order valence-corrected chi connectivity index (χ1v) is 14.2. The molecule has 3 amide bonds. The van der Waals surface area contributed by atoms with Crippen molar-refractivity contribution in [1.29, 1.82) is 0 Å². The molecule has 0 aromatic heterocycles. The van der Waals surface area contributed by atoms with Gasteiger partial charge in [0, 0.05) is 13.0 Å². The summed E-state index contributed by atoms with van der Waals surface area (Å²) in [4.78, 5) is 65.5. The maximum atomic E-state index is 13.2. The van der Waals surface area contributed by atoms with E-state index in [1.807, 2.05) is 0 Å². The van der Waals surface area contributed by atoms with Crippen molar-refractivity contribution >= 4 is 47.4 Å². The molecule has 0 bridgehead atoms. The van der Waals surface area contributed by atoms with Crippen LogP contribution in [-0.2, 0) is 30.4 Å². The summed E-state index contributed by atoms with van der Waals surface area (Å²) in [7, 11) is 0. The van der Waals surface area contributed by atoms with Gasteiger partial charge >= 0.3 is 11.9 Å². The fraction of sp³-hybridized carbons (Fsp3) is 0.520. The van der Waals surface area contributed by atoms with E-state index in [0.29, 0.717) is 11.3 Å². The predicted octanol–water partition coefficient (Wildman–Crippen LogP) is -1.53. The topological polar surface area (TPSA) is 273 Å². The van der Waals surface area contributed by atoms with Gasteiger partial charge in [0.05, 0.1) is 6.04 Å². The van der Waals surface area contributed by atoms with Crippen molar-refractivity contribution < 1.29 is 39.3 Å². The molecule has 0 radical (unpaired) electrons. The van der Waals surface area contributed by atoms with E-state index in [0.717, 1.165) is 0 Å². The number of phenols is 1. The highest BCUT2D eigenvalue weighted by atomic mass is 32.2. The molecule has 0 fully saturated rings. The number of nitrogens with two attached hydrogens (primary N) is 3. The second-order valence-corrected chi connectivity index (χ2v) is 10.1. The standard InChI is InChI=1S/C25H39N7O8S/c1-41-12-10-18(30-21(36)16(26)13-14-4-6-15(33)7-5-14)23(38)31-17(8-9-20(34)35)22(37)32-19(24(39)40)3-2-11-29-25(27)28/h4-7,16-19,33H,2-3,8-13,26H2,1H3,(H,30,36)(H,31,38)(H,32,37)(H,34,35)(H,39,40)(H4,27,28,29). The number of benzene rings is 1. The number of carboxylic acid groups (broad SMARTS) is 2. The molecule has 1 rings (SSSR count). The molecule has 16 heteroatoms. The monoisotopic (exact) mass is 597 g/mol. The number of amides is 3. The number of aliphatic carboxylic acids is 2. The molecule has 1 aromatic carbocycles. The number of rotatable bonds is 19. The number of guanidine groups is 1. The number of hydrogen-bond acceptors (Lipinski definition) is 9. The lowest BCUT2D eigenvalue weighted by Gasteiger charge is -2.25. The molecule has 0 saturated heterocycles.